The molecule has 0 amide bonds. The van der Waals surface area contributed by atoms with Gasteiger partial charge in [0.2, 0.25) is 0 Å². The largest absolute Gasteiger partial charge is 0.192 e. The van der Waals surface area contributed by atoms with Gasteiger partial charge in [-0.05, 0) is 17.5 Å². The molecule has 0 heterocycles. The smallest absolute Gasteiger partial charge is 0.115 e. The van der Waals surface area contributed by atoms with Crippen LogP contribution in [-0.2, 0) is 0 Å². The van der Waals surface area contributed by atoms with Crippen molar-refractivity contribution in [1.29, 1.82) is 5.26 Å². The maximum absolute atomic E-state index is 8.69. The molecule has 0 N–H and O–H groups in total. The molecule has 2 radical (unpaired) electrons. The van der Waals surface area contributed by atoms with E-state index in [-0.39, 0.29) is 0 Å². The van der Waals surface area contributed by atoms with Crippen molar-refractivity contribution in [2.24, 2.45) is 0 Å². The van der Waals surface area contributed by atoms with Crippen molar-refractivity contribution >= 4 is 13.3 Å². The van der Waals surface area contributed by atoms with E-state index >= 15 is 0 Å². The van der Waals surface area contributed by atoms with Crippen LogP contribution in [0.4, 0.5) is 0 Å². The quantitative estimate of drug-likeness (QED) is 0.563. The number of benzene rings is 1. The molecule has 0 aliphatic carbocycles. The fourth-order valence-electron chi connectivity index (χ4n) is 1.03. The summed E-state index contributed by atoms with van der Waals surface area (Å²) in [5.74, 6) is 0.442. The van der Waals surface area contributed by atoms with Gasteiger partial charge in [-0.3, -0.25) is 0 Å². The molecule has 12 heavy (non-hydrogen) atoms. The molecule has 0 aromatic heterocycles. The van der Waals surface area contributed by atoms with Crippen LogP contribution in [0.1, 0.15) is 30.9 Å². The van der Waals surface area contributed by atoms with Crippen LogP contribution in [0, 0.1) is 11.3 Å². The molecule has 1 aromatic rings. The van der Waals surface area contributed by atoms with Gasteiger partial charge in [0.15, 0.2) is 0 Å². The molecule has 1 aromatic carbocycles. The third-order valence-electron chi connectivity index (χ3n) is 1.86. The zero-order valence-corrected chi connectivity index (χ0v) is 7.33. The Morgan fingerprint density at radius 2 is 2.08 bits per heavy atom. The van der Waals surface area contributed by atoms with E-state index in [1.807, 2.05) is 12.1 Å². The van der Waals surface area contributed by atoms with Gasteiger partial charge in [-0.15, -0.1) is 0 Å². The van der Waals surface area contributed by atoms with E-state index in [0.29, 0.717) is 16.9 Å². The minimum absolute atomic E-state index is 0.442. The number of hydrogen-bond donors (Lipinski definition) is 0. The topological polar surface area (TPSA) is 23.8 Å². The van der Waals surface area contributed by atoms with Crippen molar-refractivity contribution in [2.45, 2.75) is 19.8 Å². The summed E-state index contributed by atoms with van der Waals surface area (Å²) < 4.78 is 0. The van der Waals surface area contributed by atoms with Crippen molar-refractivity contribution in [1.82, 2.24) is 0 Å². The van der Waals surface area contributed by atoms with Gasteiger partial charge in [-0.1, -0.05) is 31.4 Å². The first-order chi connectivity index (χ1) is 5.65. The Bertz CT molecular complexity index is 323. The van der Waals surface area contributed by atoms with Gasteiger partial charge in [0.05, 0.1) is 6.07 Å². The fourth-order valence-corrected chi connectivity index (χ4v) is 1.03. The van der Waals surface area contributed by atoms with Gasteiger partial charge in [0.1, 0.15) is 7.85 Å². The highest BCUT2D eigenvalue weighted by atomic mass is 14.2. The average molecular weight is 155 g/mol. The second kappa shape index (κ2) is 3.45. The molecule has 0 aliphatic heterocycles. The molecule has 0 aliphatic rings. The summed E-state index contributed by atoms with van der Waals surface area (Å²) in [5.41, 5.74) is 2.28. The predicted molar refractivity (Wildman–Crippen MR) is 50.6 cm³/mol. The normalized spacial score (nSPS) is 9.83. The van der Waals surface area contributed by atoms with Gasteiger partial charge in [-0.25, -0.2) is 0 Å². The number of nitrogens with zero attached hydrogens (tertiary/aromatic N) is 1. The predicted octanol–water partition coefficient (Wildman–Crippen LogP) is 1.48. The highest BCUT2D eigenvalue weighted by Crippen LogP contribution is 2.13. The van der Waals surface area contributed by atoms with Crippen LogP contribution in [0.2, 0.25) is 0 Å². The van der Waals surface area contributed by atoms with E-state index in [4.69, 9.17) is 13.1 Å². The third kappa shape index (κ3) is 1.68. The summed E-state index contributed by atoms with van der Waals surface area (Å²) in [4.78, 5) is 0. The summed E-state index contributed by atoms with van der Waals surface area (Å²) in [7, 11) is 5.58. The van der Waals surface area contributed by atoms with Crippen LogP contribution in [-0.4, -0.2) is 7.85 Å². The van der Waals surface area contributed by atoms with Crippen LogP contribution in [0.5, 0.6) is 0 Å². The molecule has 58 valence electrons. The van der Waals surface area contributed by atoms with E-state index < -0.39 is 0 Å². The molecule has 0 saturated heterocycles. The summed E-state index contributed by atoms with van der Waals surface area (Å²) in [6.07, 6.45) is 0. The lowest BCUT2D eigenvalue weighted by Crippen LogP contribution is -2.08. The SMILES string of the molecule is [B]c1ccc(C(C)C)cc1C#N. The molecule has 2 heteroatoms. The number of hydrogen-bond acceptors (Lipinski definition) is 1. The minimum atomic E-state index is 0.442. The molecule has 0 bridgehead atoms. The maximum atomic E-state index is 8.69. The molecule has 0 unspecified atom stereocenters. The van der Waals surface area contributed by atoms with E-state index in [1.165, 1.54) is 0 Å². The van der Waals surface area contributed by atoms with Crippen molar-refractivity contribution in [2.75, 3.05) is 0 Å². The summed E-state index contributed by atoms with van der Waals surface area (Å²) in [5, 5.41) is 8.69. The Morgan fingerprint density at radius 3 is 2.58 bits per heavy atom. The second-order valence-electron chi connectivity index (χ2n) is 3.11. The first-order valence-corrected chi connectivity index (χ1v) is 3.94. The first kappa shape index (κ1) is 8.87. The molecule has 0 fully saturated rings. The zero-order chi connectivity index (χ0) is 9.14. The summed E-state index contributed by atoms with van der Waals surface area (Å²) in [6.45, 7) is 4.18. The van der Waals surface area contributed by atoms with E-state index in [9.17, 15) is 0 Å². The monoisotopic (exact) mass is 155 g/mol. The first-order valence-electron chi connectivity index (χ1n) is 3.94. The molecule has 0 atom stereocenters. The van der Waals surface area contributed by atoms with E-state index in [0.717, 1.165) is 5.56 Å². The van der Waals surface area contributed by atoms with Gasteiger partial charge in [0, 0.05) is 5.56 Å². The van der Waals surface area contributed by atoms with E-state index in [2.05, 4.69) is 19.9 Å². The lowest BCUT2D eigenvalue weighted by atomic mass is 9.88. The Balaban J connectivity index is 3.16. The van der Waals surface area contributed by atoms with Gasteiger partial charge in [-0.2, -0.15) is 5.26 Å². The molecule has 1 rings (SSSR count). The number of nitriles is 1. The lowest BCUT2D eigenvalue weighted by Gasteiger charge is -2.06. The Labute approximate surface area is 74.4 Å². The molecular weight excluding hydrogens is 145 g/mol. The van der Waals surface area contributed by atoms with Crippen LogP contribution in [0.3, 0.4) is 0 Å². The maximum Gasteiger partial charge on any atom is 0.115 e. The highest BCUT2D eigenvalue weighted by Gasteiger charge is 2.01. The van der Waals surface area contributed by atoms with Gasteiger partial charge in [0.25, 0.3) is 0 Å². The minimum Gasteiger partial charge on any atom is -0.192 e. The van der Waals surface area contributed by atoms with Crippen molar-refractivity contribution in [3.8, 4) is 6.07 Å². The van der Waals surface area contributed by atoms with E-state index in [1.54, 1.807) is 6.07 Å². The van der Waals surface area contributed by atoms with Crippen LogP contribution in [0.25, 0.3) is 0 Å². The molecular formula is C10H10BN. The average Bonchev–Trinajstić information content (AvgIpc) is 2.05. The Hall–Kier alpha value is -1.23. The third-order valence-corrected chi connectivity index (χ3v) is 1.86. The second-order valence-corrected chi connectivity index (χ2v) is 3.11. The van der Waals surface area contributed by atoms with Crippen LogP contribution >= 0.6 is 0 Å². The zero-order valence-electron chi connectivity index (χ0n) is 7.33. The van der Waals surface area contributed by atoms with Gasteiger partial charge < -0.3 is 0 Å². The van der Waals surface area contributed by atoms with Crippen molar-refractivity contribution in [3.05, 3.63) is 29.3 Å². The number of rotatable bonds is 1. The molecule has 1 nitrogen and oxygen atoms in total. The standard InChI is InChI=1S/C10H10BN/c1-7(2)8-3-4-10(11)9(5-8)6-12/h3-5,7H,1-2H3. The van der Waals surface area contributed by atoms with Crippen LogP contribution in [0.15, 0.2) is 18.2 Å². The Kier molecular flexibility index (Phi) is 2.55. The fraction of sp³-hybridized carbons (Fsp3) is 0.300. The summed E-state index contributed by atoms with van der Waals surface area (Å²) in [6, 6.07) is 7.66. The van der Waals surface area contributed by atoms with Crippen molar-refractivity contribution in [3.63, 3.8) is 0 Å². The van der Waals surface area contributed by atoms with Crippen LogP contribution < -0.4 is 5.46 Å². The Morgan fingerprint density at radius 1 is 1.42 bits per heavy atom. The lowest BCUT2D eigenvalue weighted by molar-refractivity contribution is 0.866. The van der Waals surface area contributed by atoms with Crippen molar-refractivity contribution < 1.29 is 0 Å². The van der Waals surface area contributed by atoms with Gasteiger partial charge >= 0.3 is 0 Å². The highest BCUT2D eigenvalue weighted by molar-refractivity contribution is 6.33. The summed E-state index contributed by atoms with van der Waals surface area (Å²) >= 11 is 0. The molecule has 0 saturated carbocycles. The molecule has 0 spiro atoms.